The summed E-state index contributed by atoms with van der Waals surface area (Å²) >= 11 is 0. The molecule has 6 nitrogen and oxygen atoms in total. The standard InChI is InChI=1S/C21H25NO5S/c23-20(24)13-6-1-2-7-14-22-21(25)18-10-8-9-17(15-18)16-28(26,27)19-11-4-3-5-12-19/h3-5,8-12,15H,1-2,6-7,13-14,16H2,(H,22,25)(H,23,24). The fraction of sp³-hybridized carbons (Fsp3) is 0.333. The van der Waals surface area contributed by atoms with E-state index in [9.17, 15) is 18.0 Å². The molecule has 0 radical (unpaired) electrons. The number of nitrogens with one attached hydrogen (secondary N) is 1. The van der Waals surface area contributed by atoms with Crippen molar-refractivity contribution < 1.29 is 23.1 Å². The number of benzene rings is 2. The van der Waals surface area contributed by atoms with Gasteiger partial charge < -0.3 is 10.4 Å². The topological polar surface area (TPSA) is 101 Å². The van der Waals surface area contributed by atoms with Crippen LogP contribution in [0, 0.1) is 0 Å². The Morgan fingerprint density at radius 3 is 2.32 bits per heavy atom. The molecule has 0 fully saturated rings. The summed E-state index contributed by atoms with van der Waals surface area (Å²) in [5.74, 6) is -1.20. The summed E-state index contributed by atoms with van der Waals surface area (Å²) < 4.78 is 25.0. The lowest BCUT2D eigenvalue weighted by Crippen LogP contribution is -2.24. The molecule has 28 heavy (non-hydrogen) atoms. The van der Waals surface area contributed by atoms with Crippen LogP contribution in [0.2, 0.25) is 0 Å². The number of carbonyl (C=O) groups excluding carboxylic acids is 1. The molecule has 0 bridgehead atoms. The molecule has 2 rings (SSSR count). The molecule has 2 aromatic rings. The van der Waals surface area contributed by atoms with Crippen molar-refractivity contribution in [3.8, 4) is 0 Å². The average Bonchev–Trinajstić information content (AvgIpc) is 2.67. The third kappa shape index (κ3) is 7.15. The van der Waals surface area contributed by atoms with Crippen molar-refractivity contribution in [3.05, 3.63) is 65.7 Å². The van der Waals surface area contributed by atoms with Crippen molar-refractivity contribution in [2.45, 2.75) is 42.8 Å². The maximum absolute atomic E-state index is 12.5. The first kappa shape index (κ1) is 21.6. The number of rotatable bonds is 11. The number of hydrogen-bond donors (Lipinski definition) is 2. The van der Waals surface area contributed by atoms with Crippen LogP contribution in [0.15, 0.2) is 59.5 Å². The second-order valence-corrected chi connectivity index (χ2v) is 8.58. The van der Waals surface area contributed by atoms with Crippen LogP contribution >= 0.6 is 0 Å². The van der Waals surface area contributed by atoms with Gasteiger partial charge in [0, 0.05) is 18.5 Å². The van der Waals surface area contributed by atoms with Gasteiger partial charge in [-0.05, 0) is 42.7 Å². The predicted molar refractivity (Wildman–Crippen MR) is 107 cm³/mol. The number of carbonyl (C=O) groups is 2. The van der Waals surface area contributed by atoms with E-state index in [1.54, 1.807) is 54.6 Å². The highest BCUT2D eigenvalue weighted by molar-refractivity contribution is 7.90. The van der Waals surface area contributed by atoms with Crippen molar-refractivity contribution in [2.24, 2.45) is 0 Å². The van der Waals surface area contributed by atoms with Gasteiger partial charge in [-0.2, -0.15) is 0 Å². The normalized spacial score (nSPS) is 11.1. The third-order valence-corrected chi connectivity index (χ3v) is 5.95. The highest BCUT2D eigenvalue weighted by atomic mass is 32.2. The lowest BCUT2D eigenvalue weighted by atomic mass is 10.1. The molecule has 0 saturated heterocycles. The first-order valence-corrected chi connectivity index (χ1v) is 10.9. The summed E-state index contributed by atoms with van der Waals surface area (Å²) in [4.78, 5) is 23.0. The zero-order valence-corrected chi connectivity index (χ0v) is 16.5. The number of aliphatic carboxylic acids is 1. The van der Waals surface area contributed by atoms with E-state index in [0.29, 0.717) is 24.1 Å². The quantitative estimate of drug-likeness (QED) is 0.560. The Bertz CT molecular complexity index is 894. The van der Waals surface area contributed by atoms with Crippen LogP contribution in [0.25, 0.3) is 0 Å². The van der Waals surface area contributed by atoms with Gasteiger partial charge in [-0.1, -0.05) is 43.2 Å². The molecule has 150 valence electrons. The van der Waals surface area contributed by atoms with Crippen molar-refractivity contribution in [3.63, 3.8) is 0 Å². The summed E-state index contributed by atoms with van der Waals surface area (Å²) in [7, 11) is -3.47. The van der Waals surface area contributed by atoms with E-state index in [4.69, 9.17) is 5.11 Å². The highest BCUT2D eigenvalue weighted by Crippen LogP contribution is 2.17. The Morgan fingerprint density at radius 2 is 1.61 bits per heavy atom. The van der Waals surface area contributed by atoms with Gasteiger partial charge in [0.1, 0.15) is 0 Å². The SMILES string of the molecule is O=C(O)CCCCCCNC(=O)c1cccc(CS(=O)(=O)c2ccccc2)c1. The van der Waals surface area contributed by atoms with Crippen molar-refractivity contribution in [1.82, 2.24) is 5.32 Å². The fourth-order valence-corrected chi connectivity index (χ4v) is 4.15. The van der Waals surface area contributed by atoms with E-state index in [2.05, 4.69) is 5.32 Å². The first-order valence-electron chi connectivity index (χ1n) is 9.25. The van der Waals surface area contributed by atoms with Crippen LogP contribution in [0.4, 0.5) is 0 Å². The fourth-order valence-electron chi connectivity index (χ4n) is 2.79. The molecule has 2 aromatic carbocycles. The van der Waals surface area contributed by atoms with E-state index < -0.39 is 15.8 Å². The Hall–Kier alpha value is -2.67. The predicted octanol–water partition coefficient (Wildman–Crippen LogP) is 3.43. The second-order valence-electron chi connectivity index (χ2n) is 6.59. The molecule has 1 amide bonds. The van der Waals surface area contributed by atoms with Crippen LogP contribution in [0.5, 0.6) is 0 Å². The number of hydrogen-bond acceptors (Lipinski definition) is 4. The minimum Gasteiger partial charge on any atom is -0.481 e. The van der Waals surface area contributed by atoms with Crippen LogP contribution in [-0.4, -0.2) is 31.9 Å². The number of amides is 1. The van der Waals surface area contributed by atoms with Crippen LogP contribution in [0.1, 0.15) is 48.0 Å². The van der Waals surface area contributed by atoms with E-state index >= 15 is 0 Å². The van der Waals surface area contributed by atoms with Gasteiger partial charge in [0.15, 0.2) is 9.84 Å². The largest absolute Gasteiger partial charge is 0.481 e. The lowest BCUT2D eigenvalue weighted by molar-refractivity contribution is -0.137. The molecule has 2 N–H and O–H groups in total. The van der Waals surface area contributed by atoms with Gasteiger partial charge in [0.25, 0.3) is 5.91 Å². The van der Waals surface area contributed by atoms with Gasteiger partial charge in [-0.3, -0.25) is 9.59 Å². The first-order chi connectivity index (χ1) is 13.4. The Morgan fingerprint density at radius 1 is 0.893 bits per heavy atom. The molecule has 0 atom stereocenters. The summed E-state index contributed by atoms with van der Waals surface area (Å²) in [6.07, 6.45) is 3.25. The summed E-state index contributed by atoms with van der Waals surface area (Å²) in [6.45, 7) is 0.498. The summed E-state index contributed by atoms with van der Waals surface area (Å²) in [5, 5.41) is 11.4. The molecule has 0 heterocycles. The van der Waals surface area contributed by atoms with Crippen molar-refractivity contribution >= 4 is 21.7 Å². The van der Waals surface area contributed by atoms with Crippen LogP contribution in [-0.2, 0) is 20.4 Å². The number of sulfone groups is 1. The zero-order valence-electron chi connectivity index (χ0n) is 15.6. The molecule has 0 saturated carbocycles. The third-order valence-electron chi connectivity index (χ3n) is 4.25. The van der Waals surface area contributed by atoms with E-state index in [-0.39, 0.29) is 23.0 Å². The van der Waals surface area contributed by atoms with Gasteiger partial charge >= 0.3 is 5.97 Å². The Balaban J connectivity index is 1.85. The number of carboxylic acid groups (broad SMARTS) is 1. The minimum absolute atomic E-state index is 0.165. The summed E-state index contributed by atoms with van der Waals surface area (Å²) in [6, 6.07) is 14.9. The molecule has 7 heteroatoms. The van der Waals surface area contributed by atoms with Crippen LogP contribution in [0.3, 0.4) is 0 Å². The van der Waals surface area contributed by atoms with Gasteiger partial charge in [0.2, 0.25) is 0 Å². The monoisotopic (exact) mass is 403 g/mol. The molecular weight excluding hydrogens is 378 g/mol. The zero-order chi connectivity index (χ0) is 20.4. The molecular formula is C21H25NO5S. The van der Waals surface area contributed by atoms with Crippen LogP contribution < -0.4 is 5.32 Å². The molecule has 0 aromatic heterocycles. The number of unbranched alkanes of at least 4 members (excludes halogenated alkanes) is 3. The maximum atomic E-state index is 12.5. The maximum Gasteiger partial charge on any atom is 0.303 e. The molecule has 0 aliphatic carbocycles. The molecule has 0 aliphatic rings. The lowest BCUT2D eigenvalue weighted by Gasteiger charge is -2.08. The van der Waals surface area contributed by atoms with Gasteiger partial charge in [0.05, 0.1) is 10.6 Å². The van der Waals surface area contributed by atoms with E-state index in [1.165, 1.54) is 0 Å². The van der Waals surface area contributed by atoms with Gasteiger partial charge in [-0.25, -0.2) is 8.42 Å². The average molecular weight is 404 g/mol. The molecule has 0 spiro atoms. The van der Waals surface area contributed by atoms with Gasteiger partial charge in [-0.15, -0.1) is 0 Å². The minimum atomic E-state index is -3.47. The second kappa shape index (κ2) is 10.6. The Labute approximate surface area is 165 Å². The van der Waals surface area contributed by atoms with Crippen molar-refractivity contribution in [2.75, 3.05) is 6.54 Å². The number of carboxylic acids is 1. The molecule has 0 aliphatic heterocycles. The highest BCUT2D eigenvalue weighted by Gasteiger charge is 2.16. The smallest absolute Gasteiger partial charge is 0.303 e. The molecule has 0 unspecified atom stereocenters. The van der Waals surface area contributed by atoms with E-state index in [1.807, 2.05) is 0 Å². The summed E-state index contributed by atoms with van der Waals surface area (Å²) in [5.41, 5.74) is 0.983. The van der Waals surface area contributed by atoms with Crippen molar-refractivity contribution in [1.29, 1.82) is 0 Å². The Kier molecular flexibility index (Phi) is 8.19. The van der Waals surface area contributed by atoms with E-state index in [0.717, 1.165) is 19.3 Å².